The highest BCUT2D eigenvalue weighted by atomic mass is 19.1. The van der Waals surface area contributed by atoms with Crippen LogP contribution in [0.1, 0.15) is 95.1 Å². The fourth-order valence-corrected chi connectivity index (χ4v) is 6.06. The molecule has 3 aromatic carbocycles. The molecule has 4 rings (SSSR count). The maximum atomic E-state index is 15.4. The maximum Gasteiger partial charge on any atom is 0.138 e. The van der Waals surface area contributed by atoms with Crippen LogP contribution in [-0.4, -0.2) is 0 Å². The van der Waals surface area contributed by atoms with Gasteiger partial charge in [0.25, 0.3) is 0 Å². The fourth-order valence-electron chi connectivity index (χ4n) is 6.06. The minimum atomic E-state index is -0.106. The van der Waals surface area contributed by atoms with Crippen LogP contribution in [0.25, 0.3) is 21.9 Å². The standard InChI is InChI=1S/C35H45F/c1-3-5-7-8-9-11-28-12-14-29(15-13-28)16-17-30-20-24-34-32(26-30)23-25-33(35(34)36)31-21-18-27(19-22-31)10-6-4-2/h4,18-26,28-29H,2-3,5-17H2,1H3/t28-,29-. The highest BCUT2D eigenvalue weighted by molar-refractivity contribution is 5.88. The zero-order valence-electron chi connectivity index (χ0n) is 22.4. The second kappa shape index (κ2) is 13.8. The van der Waals surface area contributed by atoms with E-state index in [1.807, 2.05) is 30.3 Å². The summed E-state index contributed by atoms with van der Waals surface area (Å²) in [4.78, 5) is 0. The smallest absolute Gasteiger partial charge is 0.138 e. The van der Waals surface area contributed by atoms with Crippen LogP contribution in [0.15, 0.2) is 67.3 Å². The van der Waals surface area contributed by atoms with Crippen molar-refractivity contribution in [3.63, 3.8) is 0 Å². The molecule has 192 valence electrons. The first kappa shape index (κ1) is 26.6. The number of hydrogen-bond acceptors (Lipinski definition) is 0. The third-order valence-corrected chi connectivity index (χ3v) is 8.44. The van der Waals surface area contributed by atoms with Crippen molar-refractivity contribution in [2.24, 2.45) is 11.8 Å². The van der Waals surface area contributed by atoms with Crippen molar-refractivity contribution in [1.82, 2.24) is 0 Å². The van der Waals surface area contributed by atoms with E-state index in [1.54, 1.807) is 0 Å². The average Bonchev–Trinajstić information content (AvgIpc) is 2.92. The van der Waals surface area contributed by atoms with Gasteiger partial charge >= 0.3 is 0 Å². The number of aryl methyl sites for hydroxylation is 2. The molecule has 0 atom stereocenters. The minimum Gasteiger partial charge on any atom is -0.206 e. The van der Waals surface area contributed by atoms with Crippen LogP contribution in [0.4, 0.5) is 4.39 Å². The van der Waals surface area contributed by atoms with Crippen molar-refractivity contribution in [2.75, 3.05) is 0 Å². The summed E-state index contributed by atoms with van der Waals surface area (Å²) in [6.45, 7) is 6.08. The molecule has 36 heavy (non-hydrogen) atoms. The number of hydrogen-bond donors (Lipinski definition) is 0. The van der Waals surface area contributed by atoms with Gasteiger partial charge < -0.3 is 0 Å². The van der Waals surface area contributed by atoms with Crippen molar-refractivity contribution < 1.29 is 4.39 Å². The summed E-state index contributed by atoms with van der Waals surface area (Å²) in [5.41, 5.74) is 4.24. The summed E-state index contributed by atoms with van der Waals surface area (Å²) in [6.07, 6.45) is 20.4. The molecule has 1 saturated carbocycles. The van der Waals surface area contributed by atoms with E-state index in [-0.39, 0.29) is 5.82 Å². The molecule has 1 aliphatic rings. The molecule has 0 unspecified atom stereocenters. The summed E-state index contributed by atoms with van der Waals surface area (Å²) in [5, 5.41) is 1.74. The van der Waals surface area contributed by atoms with Crippen LogP contribution in [0, 0.1) is 17.7 Å². The van der Waals surface area contributed by atoms with E-state index in [0.29, 0.717) is 5.56 Å². The van der Waals surface area contributed by atoms with Gasteiger partial charge in [-0.25, -0.2) is 4.39 Å². The van der Waals surface area contributed by atoms with Crippen LogP contribution >= 0.6 is 0 Å². The molecule has 0 nitrogen and oxygen atoms in total. The van der Waals surface area contributed by atoms with Crippen molar-refractivity contribution in [1.29, 1.82) is 0 Å². The van der Waals surface area contributed by atoms with Crippen molar-refractivity contribution in [2.45, 2.75) is 96.8 Å². The Kier molecular flexibility index (Phi) is 10.2. The highest BCUT2D eigenvalue weighted by Gasteiger charge is 2.21. The molecule has 1 fully saturated rings. The molecule has 0 spiro atoms. The summed E-state index contributed by atoms with van der Waals surface area (Å²) < 4.78 is 15.4. The first-order chi connectivity index (χ1) is 17.7. The number of allylic oxidation sites excluding steroid dienone is 1. The van der Waals surface area contributed by atoms with Gasteiger partial charge in [0.1, 0.15) is 5.82 Å². The van der Waals surface area contributed by atoms with E-state index in [1.165, 1.54) is 81.8 Å². The summed E-state index contributed by atoms with van der Waals surface area (Å²) >= 11 is 0. The second-order valence-electron chi connectivity index (χ2n) is 11.1. The second-order valence-corrected chi connectivity index (χ2v) is 11.1. The zero-order valence-corrected chi connectivity index (χ0v) is 22.4. The molecule has 1 heteroatoms. The molecular weight excluding hydrogens is 439 g/mol. The summed E-state index contributed by atoms with van der Waals surface area (Å²) in [5.74, 6) is 1.74. The topological polar surface area (TPSA) is 0 Å². The lowest BCUT2D eigenvalue weighted by molar-refractivity contribution is 0.249. The zero-order chi connectivity index (χ0) is 25.2. The first-order valence-electron chi connectivity index (χ1n) is 14.6. The normalized spacial score (nSPS) is 17.9. The van der Waals surface area contributed by atoms with Crippen LogP contribution in [-0.2, 0) is 12.8 Å². The molecule has 0 amide bonds. The van der Waals surface area contributed by atoms with Gasteiger partial charge in [-0.15, -0.1) is 6.58 Å². The number of fused-ring (bicyclic) bond motifs is 1. The van der Waals surface area contributed by atoms with Crippen molar-refractivity contribution in [3.05, 3.63) is 84.2 Å². The maximum absolute atomic E-state index is 15.4. The Balaban J connectivity index is 1.30. The van der Waals surface area contributed by atoms with Crippen molar-refractivity contribution >= 4 is 10.8 Å². The number of halogens is 1. The van der Waals surface area contributed by atoms with E-state index in [2.05, 4.69) is 43.8 Å². The van der Waals surface area contributed by atoms with Crippen LogP contribution in [0.5, 0.6) is 0 Å². The quantitative estimate of drug-likeness (QED) is 0.167. The van der Waals surface area contributed by atoms with Crippen LogP contribution < -0.4 is 0 Å². The Morgan fingerprint density at radius 2 is 1.47 bits per heavy atom. The lowest BCUT2D eigenvalue weighted by Crippen LogP contribution is -2.15. The molecule has 1 aliphatic carbocycles. The molecule has 0 radical (unpaired) electrons. The van der Waals surface area contributed by atoms with E-state index in [9.17, 15) is 0 Å². The summed E-state index contributed by atoms with van der Waals surface area (Å²) in [7, 11) is 0. The van der Waals surface area contributed by atoms with Crippen molar-refractivity contribution in [3.8, 4) is 11.1 Å². The predicted octanol–water partition coefficient (Wildman–Crippen LogP) is 10.9. The Bertz CT molecular complexity index is 1090. The lowest BCUT2D eigenvalue weighted by Gasteiger charge is -2.28. The van der Waals surface area contributed by atoms with Gasteiger partial charge in [-0.2, -0.15) is 0 Å². The molecule has 0 aromatic heterocycles. The largest absolute Gasteiger partial charge is 0.206 e. The predicted molar refractivity (Wildman–Crippen MR) is 155 cm³/mol. The molecule has 0 bridgehead atoms. The number of rotatable bonds is 13. The lowest BCUT2D eigenvalue weighted by atomic mass is 9.77. The van der Waals surface area contributed by atoms with Crippen LogP contribution in [0.2, 0.25) is 0 Å². The minimum absolute atomic E-state index is 0.106. The Morgan fingerprint density at radius 3 is 2.19 bits per heavy atom. The Morgan fingerprint density at radius 1 is 0.778 bits per heavy atom. The number of benzene rings is 3. The average molecular weight is 485 g/mol. The van der Waals surface area contributed by atoms with E-state index >= 15 is 4.39 Å². The molecule has 0 N–H and O–H groups in total. The Hall–Kier alpha value is -2.41. The molecule has 0 aliphatic heterocycles. The number of unbranched alkanes of at least 4 members (excludes halogenated alkanes) is 4. The Labute approximate surface area is 219 Å². The van der Waals surface area contributed by atoms with Gasteiger partial charge in [-0.05, 0) is 59.6 Å². The molecular formula is C35H45F. The third-order valence-electron chi connectivity index (χ3n) is 8.44. The molecule has 0 heterocycles. The van der Waals surface area contributed by atoms with Gasteiger partial charge in [0, 0.05) is 10.9 Å². The SMILES string of the molecule is C=CCCc1ccc(-c2ccc3cc(CC[C@H]4CC[C@H](CCCCCCC)CC4)ccc3c2F)cc1. The van der Waals surface area contributed by atoms with Gasteiger partial charge in [0.15, 0.2) is 0 Å². The third kappa shape index (κ3) is 7.31. The van der Waals surface area contributed by atoms with E-state index < -0.39 is 0 Å². The van der Waals surface area contributed by atoms with E-state index in [0.717, 1.165) is 47.4 Å². The van der Waals surface area contributed by atoms with Gasteiger partial charge in [0.2, 0.25) is 0 Å². The summed E-state index contributed by atoms with van der Waals surface area (Å²) in [6, 6.07) is 18.7. The first-order valence-corrected chi connectivity index (χ1v) is 14.6. The van der Waals surface area contributed by atoms with Crippen LogP contribution in [0.3, 0.4) is 0 Å². The molecule has 3 aromatic rings. The van der Waals surface area contributed by atoms with Gasteiger partial charge in [-0.1, -0.05) is 132 Å². The molecule has 0 saturated heterocycles. The van der Waals surface area contributed by atoms with Gasteiger partial charge in [-0.3, -0.25) is 0 Å². The van der Waals surface area contributed by atoms with Gasteiger partial charge in [0.05, 0.1) is 0 Å². The van der Waals surface area contributed by atoms with E-state index in [4.69, 9.17) is 0 Å². The monoisotopic (exact) mass is 484 g/mol. The highest BCUT2D eigenvalue weighted by Crippen LogP contribution is 2.35. The fraction of sp³-hybridized carbons (Fsp3) is 0.486.